The van der Waals surface area contributed by atoms with Crippen LogP contribution in [0.2, 0.25) is 0 Å². The Balaban J connectivity index is 2.11. The second kappa shape index (κ2) is 3.96. The first-order valence-electron chi connectivity index (χ1n) is 4.95. The molecule has 1 atom stereocenters. The highest BCUT2D eigenvalue weighted by atomic mass is 16.5. The fourth-order valence-electron chi connectivity index (χ4n) is 1.76. The second-order valence-corrected chi connectivity index (χ2v) is 3.71. The quantitative estimate of drug-likeness (QED) is 0.677. The number of hydrogen-bond donors (Lipinski definition) is 0. The highest BCUT2D eigenvalue weighted by molar-refractivity contribution is 5.96. The van der Waals surface area contributed by atoms with E-state index in [1.165, 1.54) is 0 Å². The molecular formula is C11H14O3. The molecule has 1 aromatic heterocycles. The van der Waals surface area contributed by atoms with Crippen molar-refractivity contribution in [1.82, 2.24) is 0 Å². The van der Waals surface area contributed by atoms with E-state index >= 15 is 0 Å². The summed E-state index contributed by atoms with van der Waals surface area (Å²) in [6, 6.07) is 1.82. The zero-order chi connectivity index (χ0) is 9.97. The van der Waals surface area contributed by atoms with Crippen molar-refractivity contribution in [2.24, 2.45) is 5.92 Å². The number of aryl methyl sites for hydroxylation is 1. The van der Waals surface area contributed by atoms with Crippen molar-refractivity contribution in [3.05, 3.63) is 23.7 Å². The molecule has 76 valence electrons. The number of rotatable bonds is 2. The van der Waals surface area contributed by atoms with E-state index in [0.29, 0.717) is 12.4 Å². The van der Waals surface area contributed by atoms with Crippen LogP contribution < -0.4 is 0 Å². The highest BCUT2D eigenvalue weighted by Gasteiger charge is 2.25. The van der Waals surface area contributed by atoms with Crippen LogP contribution in [0.1, 0.15) is 29.0 Å². The first kappa shape index (κ1) is 9.46. The summed E-state index contributed by atoms with van der Waals surface area (Å²) in [5, 5.41) is 0. The van der Waals surface area contributed by atoms with E-state index in [1.54, 1.807) is 6.26 Å². The molecule has 3 heteroatoms. The predicted octanol–water partition coefficient (Wildman–Crippen LogP) is 2.20. The van der Waals surface area contributed by atoms with Crippen molar-refractivity contribution < 1.29 is 13.9 Å². The summed E-state index contributed by atoms with van der Waals surface area (Å²) in [5.41, 5.74) is 0.917. The lowest BCUT2D eigenvalue weighted by atomic mass is 9.95. The molecule has 0 saturated carbocycles. The Morgan fingerprint density at radius 2 is 2.43 bits per heavy atom. The number of furan rings is 1. The first-order chi connectivity index (χ1) is 6.79. The van der Waals surface area contributed by atoms with Crippen LogP contribution in [-0.4, -0.2) is 19.0 Å². The first-order valence-corrected chi connectivity index (χ1v) is 4.95. The third kappa shape index (κ3) is 1.73. The van der Waals surface area contributed by atoms with Gasteiger partial charge in [-0.1, -0.05) is 0 Å². The monoisotopic (exact) mass is 194 g/mol. The molecule has 3 nitrogen and oxygen atoms in total. The Labute approximate surface area is 83.0 Å². The van der Waals surface area contributed by atoms with E-state index in [1.807, 2.05) is 13.0 Å². The van der Waals surface area contributed by atoms with Gasteiger partial charge in [0.25, 0.3) is 0 Å². The Morgan fingerprint density at radius 3 is 3.00 bits per heavy atom. The third-order valence-electron chi connectivity index (χ3n) is 2.62. The van der Waals surface area contributed by atoms with Crippen LogP contribution in [0.15, 0.2) is 16.7 Å². The van der Waals surface area contributed by atoms with Gasteiger partial charge in [0.1, 0.15) is 0 Å². The van der Waals surface area contributed by atoms with Crippen LogP contribution in [0.5, 0.6) is 0 Å². The molecule has 1 unspecified atom stereocenters. The SMILES string of the molecule is Cc1ccoc1C(=O)C1CCCOC1. The van der Waals surface area contributed by atoms with E-state index in [2.05, 4.69) is 0 Å². The third-order valence-corrected chi connectivity index (χ3v) is 2.62. The van der Waals surface area contributed by atoms with Gasteiger partial charge in [0.05, 0.1) is 12.9 Å². The maximum absolute atomic E-state index is 11.9. The van der Waals surface area contributed by atoms with E-state index < -0.39 is 0 Å². The van der Waals surface area contributed by atoms with Crippen LogP contribution in [0, 0.1) is 12.8 Å². The molecule has 0 amide bonds. The minimum atomic E-state index is -0.00593. The molecule has 2 heterocycles. The second-order valence-electron chi connectivity index (χ2n) is 3.71. The van der Waals surface area contributed by atoms with Gasteiger partial charge in [0, 0.05) is 12.5 Å². The molecule has 1 aliphatic rings. The summed E-state index contributed by atoms with van der Waals surface area (Å²) < 4.78 is 10.5. The average molecular weight is 194 g/mol. The number of Topliss-reactive ketones (excluding diaryl/α,β-unsaturated/α-hetero) is 1. The lowest BCUT2D eigenvalue weighted by Gasteiger charge is -2.19. The summed E-state index contributed by atoms with van der Waals surface area (Å²) >= 11 is 0. The van der Waals surface area contributed by atoms with Crippen molar-refractivity contribution in [2.45, 2.75) is 19.8 Å². The lowest BCUT2D eigenvalue weighted by Crippen LogP contribution is -2.25. The van der Waals surface area contributed by atoms with Gasteiger partial charge in [0.15, 0.2) is 5.76 Å². The normalized spacial score (nSPS) is 22.2. The number of hydrogen-bond acceptors (Lipinski definition) is 3. The van der Waals surface area contributed by atoms with Crippen molar-refractivity contribution in [2.75, 3.05) is 13.2 Å². The molecule has 1 aromatic rings. The molecule has 2 rings (SSSR count). The fraction of sp³-hybridized carbons (Fsp3) is 0.545. The Bertz CT molecular complexity index is 321. The van der Waals surface area contributed by atoms with Crippen LogP contribution in [0.4, 0.5) is 0 Å². The lowest BCUT2D eigenvalue weighted by molar-refractivity contribution is 0.0443. The summed E-state index contributed by atoms with van der Waals surface area (Å²) in [6.45, 7) is 3.21. The average Bonchev–Trinajstić information content (AvgIpc) is 2.65. The molecule has 0 aliphatic carbocycles. The smallest absolute Gasteiger partial charge is 0.203 e. The van der Waals surface area contributed by atoms with Crippen LogP contribution in [0.25, 0.3) is 0 Å². The molecule has 0 aromatic carbocycles. The summed E-state index contributed by atoms with van der Waals surface area (Å²) in [7, 11) is 0. The van der Waals surface area contributed by atoms with Gasteiger partial charge in [-0.05, 0) is 31.4 Å². The topological polar surface area (TPSA) is 39.4 Å². The molecule has 1 fully saturated rings. The summed E-state index contributed by atoms with van der Waals surface area (Å²) in [4.78, 5) is 11.9. The Kier molecular flexibility index (Phi) is 2.68. The minimum Gasteiger partial charge on any atom is -0.461 e. The summed E-state index contributed by atoms with van der Waals surface area (Å²) in [5.74, 6) is 0.585. The highest BCUT2D eigenvalue weighted by Crippen LogP contribution is 2.21. The van der Waals surface area contributed by atoms with Crippen LogP contribution >= 0.6 is 0 Å². The van der Waals surface area contributed by atoms with E-state index in [0.717, 1.165) is 25.0 Å². The largest absolute Gasteiger partial charge is 0.461 e. The molecule has 0 N–H and O–H groups in total. The van der Waals surface area contributed by atoms with Crippen molar-refractivity contribution in [3.63, 3.8) is 0 Å². The van der Waals surface area contributed by atoms with Gasteiger partial charge in [-0.25, -0.2) is 0 Å². The fourth-order valence-corrected chi connectivity index (χ4v) is 1.76. The molecular weight excluding hydrogens is 180 g/mol. The zero-order valence-electron chi connectivity index (χ0n) is 8.29. The van der Waals surface area contributed by atoms with Crippen molar-refractivity contribution in [3.8, 4) is 0 Å². The predicted molar refractivity (Wildman–Crippen MR) is 51.3 cm³/mol. The van der Waals surface area contributed by atoms with Gasteiger partial charge in [-0.2, -0.15) is 0 Å². The van der Waals surface area contributed by atoms with Gasteiger partial charge < -0.3 is 9.15 Å². The number of ketones is 1. The van der Waals surface area contributed by atoms with Crippen molar-refractivity contribution >= 4 is 5.78 Å². The zero-order valence-corrected chi connectivity index (χ0v) is 8.29. The Morgan fingerprint density at radius 1 is 1.57 bits per heavy atom. The van der Waals surface area contributed by atoms with E-state index in [4.69, 9.17) is 9.15 Å². The molecule has 0 spiro atoms. The molecule has 14 heavy (non-hydrogen) atoms. The standard InChI is InChI=1S/C11H14O3/c1-8-4-6-14-11(8)10(12)9-3-2-5-13-7-9/h4,6,9H,2-3,5,7H2,1H3. The van der Waals surface area contributed by atoms with E-state index in [-0.39, 0.29) is 11.7 Å². The van der Waals surface area contributed by atoms with Gasteiger partial charge in [0.2, 0.25) is 5.78 Å². The Hall–Kier alpha value is -1.09. The van der Waals surface area contributed by atoms with Gasteiger partial charge in [-0.3, -0.25) is 4.79 Å². The maximum Gasteiger partial charge on any atom is 0.203 e. The number of ether oxygens (including phenoxy) is 1. The molecule has 0 bridgehead atoms. The number of carbonyl (C=O) groups is 1. The van der Waals surface area contributed by atoms with Gasteiger partial charge in [-0.15, -0.1) is 0 Å². The molecule has 1 aliphatic heterocycles. The van der Waals surface area contributed by atoms with Crippen molar-refractivity contribution in [1.29, 1.82) is 0 Å². The minimum absolute atomic E-state index is 0.00593. The molecule has 0 radical (unpaired) electrons. The molecule has 1 saturated heterocycles. The van der Waals surface area contributed by atoms with Crippen LogP contribution in [0.3, 0.4) is 0 Å². The van der Waals surface area contributed by atoms with Crippen LogP contribution in [-0.2, 0) is 4.74 Å². The van der Waals surface area contributed by atoms with Gasteiger partial charge >= 0.3 is 0 Å². The summed E-state index contributed by atoms with van der Waals surface area (Å²) in [6.07, 6.45) is 3.45. The number of carbonyl (C=O) groups excluding carboxylic acids is 1. The maximum atomic E-state index is 11.9. The van der Waals surface area contributed by atoms with E-state index in [9.17, 15) is 4.79 Å².